The molecule has 0 spiro atoms. The molecule has 0 saturated carbocycles. The van der Waals surface area contributed by atoms with Crippen LogP contribution in [0, 0.1) is 13.7 Å². The highest BCUT2D eigenvalue weighted by Gasteiger charge is 2.29. The minimum absolute atomic E-state index is 0.0227. The molecule has 0 radical (unpaired) electrons. The van der Waals surface area contributed by atoms with Crippen molar-refractivity contribution in [2.45, 2.75) is 92.3 Å². The third-order valence-electron chi connectivity index (χ3n) is 10.8. The maximum absolute atomic E-state index is 12.5. The third kappa shape index (κ3) is 7.91. The summed E-state index contributed by atoms with van der Waals surface area (Å²) in [5.74, 6) is 0.370. The van der Waals surface area contributed by atoms with Gasteiger partial charge in [0.15, 0.2) is 0 Å². The maximum atomic E-state index is 12.5. The van der Waals surface area contributed by atoms with Crippen LogP contribution in [0.4, 0.5) is 0 Å². The molecule has 2 heterocycles. The van der Waals surface area contributed by atoms with Crippen molar-refractivity contribution in [1.29, 1.82) is 0 Å². The maximum Gasteiger partial charge on any atom is 0.149 e. The molecule has 4 heteroatoms. The molecule has 0 unspecified atom stereocenters. The number of phenols is 1. The van der Waals surface area contributed by atoms with Gasteiger partial charge in [-0.25, -0.2) is 4.98 Å². The molecule has 0 aliphatic carbocycles. The molecule has 0 aliphatic heterocycles. The molecule has 6 aromatic carbocycles. The summed E-state index contributed by atoms with van der Waals surface area (Å²) in [5.41, 5.74) is 4.30. The van der Waals surface area contributed by atoms with Crippen molar-refractivity contribution in [3.05, 3.63) is 167 Å². The lowest BCUT2D eigenvalue weighted by Gasteiger charge is -2.27. The minimum atomic E-state index is -2.99. The molecule has 8 aromatic rings. The molecule has 8 rings (SSSR count). The fraction of sp³-hybridized carbons (Fsp3) is 0.250. The van der Waals surface area contributed by atoms with E-state index in [0.717, 1.165) is 16.7 Å². The van der Waals surface area contributed by atoms with Gasteiger partial charge < -0.3 is 5.11 Å². The Morgan fingerprint density at radius 3 is 1.95 bits per heavy atom. The number of hydrogen-bond acceptors (Lipinski definition) is 3. The Labute approximate surface area is 374 Å². The molecular formula is C56H57N3O. The Bertz CT molecular complexity index is 3490. The van der Waals surface area contributed by atoms with E-state index < -0.39 is 83.7 Å². The number of para-hydroxylation sites is 1. The Kier molecular flexibility index (Phi) is 6.91. The van der Waals surface area contributed by atoms with Gasteiger partial charge in [-0.2, -0.15) is 0 Å². The average Bonchev–Trinajstić information content (AvgIpc) is 3.68. The smallest absolute Gasteiger partial charge is 0.149 e. The largest absolute Gasteiger partial charge is 0.507 e. The van der Waals surface area contributed by atoms with E-state index in [0.29, 0.717) is 55.9 Å². The normalized spacial score (nSPS) is 15.8. The first-order valence-electron chi connectivity index (χ1n) is 26.6. The number of benzene rings is 6. The highest BCUT2D eigenvalue weighted by Crippen LogP contribution is 2.45. The van der Waals surface area contributed by atoms with E-state index in [1.807, 2.05) is 125 Å². The standard InChI is InChI=1S/C56H57N3O/c1-35-20-22-38(23-21-35)39-24-25-57-49(32-39)42-28-41(29-43(30-42)54(3,4)5)46-18-15-19-50-51(46)58-53(47-33-44(55(6,7)8)34-48(52(47)60)56(9,10)11)59(50)45-27-36(2)26-40(31-45)37-16-13-12-14-17-37/h12-34,60H,1-11H3/i1D3,2D3,20D,21D,22D,23D,24D,25D,32D. The molecule has 0 fully saturated rings. The number of rotatable bonds is 6. The van der Waals surface area contributed by atoms with Crippen LogP contribution in [-0.4, -0.2) is 19.6 Å². The number of aromatic hydroxyl groups is 1. The van der Waals surface area contributed by atoms with Gasteiger partial charge >= 0.3 is 0 Å². The number of nitrogens with zero attached hydrogens (tertiary/aromatic N) is 3. The summed E-state index contributed by atoms with van der Waals surface area (Å²) in [6.45, 7) is 12.9. The van der Waals surface area contributed by atoms with Crippen molar-refractivity contribution in [3.63, 3.8) is 0 Å². The molecule has 1 N–H and O–H groups in total. The van der Waals surface area contributed by atoms with E-state index in [2.05, 4.69) is 25.8 Å². The van der Waals surface area contributed by atoms with Gasteiger partial charge in [-0.3, -0.25) is 9.55 Å². The van der Waals surface area contributed by atoms with Crippen molar-refractivity contribution >= 4 is 11.0 Å². The predicted molar refractivity (Wildman–Crippen MR) is 253 cm³/mol. The van der Waals surface area contributed by atoms with Crippen molar-refractivity contribution < 1.29 is 22.9 Å². The van der Waals surface area contributed by atoms with Crippen molar-refractivity contribution in [1.82, 2.24) is 14.5 Å². The molecule has 0 aliphatic rings. The van der Waals surface area contributed by atoms with Gasteiger partial charge in [0.2, 0.25) is 0 Å². The van der Waals surface area contributed by atoms with E-state index in [9.17, 15) is 6.48 Å². The first kappa shape index (κ1) is 27.5. The van der Waals surface area contributed by atoms with Gasteiger partial charge in [-0.1, -0.05) is 153 Å². The Morgan fingerprint density at radius 2 is 1.27 bits per heavy atom. The Balaban J connectivity index is 1.48. The van der Waals surface area contributed by atoms with Crippen molar-refractivity contribution in [3.8, 4) is 67.5 Å². The number of aromatic nitrogens is 3. The molecule has 2 aromatic heterocycles. The van der Waals surface area contributed by atoms with E-state index in [-0.39, 0.29) is 22.4 Å². The lowest BCUT2D eigenvalue weighted by atomic mass is 9.79. The predicted octanol–water partition coefficient (Wildman–Crippen LogP) is 15.0. The van der Waals surface area contributed by atoms with Crippen molar-refractivity contribution in [2.75, 3.05) is 0 Å². The van der Waals surface area contributed by atoms with Crippen molar-refractivity contribution in [2.24, 2.45) is 0 Å². The average molecular weight is 801 g/mol. The second-order valence-corrected chi connectivity index (χ2v) is 18.5. The molecule has 60 heavy (non-hydrogen) atoms. The van der Waals surface area contributed by atoms with Gasteiger partial charge in [0.05, 0.1) is 31.9 Å². The summed E-state index contributed by atoms with van der Waals surface area (Å²) < 4.78 is 114. The van der Waals surface area contributed by atoms with Crippen LogP contribution in [-0.2, 0) is 16.2 Å². The molecule has 4 nitrogen and oxygen atoms in total. The highest BCUT2D eigenvalue weighted by atomic mass is 16.3. The zero-order chi connectivity index (χ0) is 53.8. The van der Waals surface area contributed by atoms with Crippen LogP contribution in [0.25, 0.3) is 72.7 Å². The zero-order valence-electron chi connectivity index (χ0n) is 48.5. The number of pyridine rings is 1. The van der Waals surface area contributed by atoms with Crippen LogP contribution in [0.5, 0.6) is 5.75 Å². The second kappa shape index (κ2) is 15.1. The van der Waals surface area contributed by atoms with Gasteiger partial charge in [0.25, 0.3) is 0 Å². The number of imidazole rings is 1. The summed E-state index contributed by atoms with van der Waals surface area (Å²) in [6, 6.07) is 25.6. The van der Waals surface area contributed by atoms with Crippen LogP contribution in [0.2, 0.25) is 0 Å². The molecule has 0 amide bonds. The quantitative estimate of drug-likeness (QED) is 0.182. The van der Waals surface area contributed by atoms with Gasteiger partial charge in [-0.05, 0) is 123 Å². The van der Waals surface area contributed by atoms with E-state index >= 15 is 0 Å². The van der Waals surface area contributed by atoms with Gasteiger partial charge in [-0.15, -0.1) is 0 Å². The Hall–Kier alpha value is -6.26. The molecule has 0 bridgehead atoms. The summed E-state index contributed by atoms with van der Waals surface area (Å²) >= 11 is 0. The lowest BCUT2D eigenvalue weighted by molar-refractivity contribution is 0.446. The fourth-order valence-electron chi connectivity index (χ4n) is 7.49. The number of phenolic OH excluding ortho intramolecular Hbond substituents is 1. The summed E-state index contributed by atoms with van der Waals surface area (Å²) in [7, 11) is 0. The summed E-state index contributed by atoms with van der Waals surface area (Å²) in [4.78, 5) is 9.85. The topological polar surface area (TPSA) is 50.9 Å². The molecule has 0 saturated heterocycles. The minimum Gasteiger partial charge on any atom is -0.507 e. The number of aryl methyl sites for hydroxylation is 1. The third-order valence-corrected chi connectivity index (χ3v) is 10.8. The molecular weight excluding hydrogens is 731 g/mol. The molecule has 0 atom stereocenters. The first-order valence-corrected chi connectivity index (χ1v) is 20.1. The van der Waals surface area contributed by atoms with Crippen LogP contribution < -0.4 is 0 Å². The number of hydrogen-bond donors (Lipinski definition) is 1. The van der Waals surface area contributed by atoms with Crippen LogP contribution in [0.15, 0.2) is 139 Å². The van der Waals surface area contributed by atoms with Crippen LogP contribution in [0.3, 0.4) is 0 Å². The van der Waals surface area contributed by atoms with Gasteiger partial charge in [0, 0.05) is 36.8 Å². The number of fused-ring (bicyclic) bond motifs is 1. The van der Waals surface area contributed by atoms with Crippen LogP contribution >= 0.6 is 0 Å². The first-order chi connectivity index (χ1) is 33.7. The lowest BCUT2D eigenvalue weighted by Crippen LogP contribution is -2.17. The SMILES string of the molecule is [2H]c1nc(-c2cc(-c3cccc4c3nc(-c3cc(C(C)(C)C)cc(C(C)(C)C)c3O)n4-c3cc(-c4ccccc4)cc(C([2H])([2H])[2H])c3)cc(C(C)(C)C)c2)c([2H])c(-c2c([2H])c([2H])c(C([2H])([2H])[2H])c([2H])c2[2H])c1[2H]. The van der Waals surface area contributed by atoms with Crippen LogP contribution in [0.1, 0.15) is 108 Å². The summed E-state index contributed by atoms with van der Waals surface area (Å²) in [5, 5.41) is 12.5. The second-order valence-electron chi connectivity index (χ2n) is 18.5. The summed E-state index contributed by atoms with van der Waals surface area (Å²) in [6.07, 6.45) is -0.605. The molecule has 302 valence electrons. The van der Waals surface area contributed by atoms with E-state index in [1.165, 1.54) is 0 Å². The van der Waals surface area contributed by atoms with Gasteiger partial charge in [0.1, 0.15) is 11.6 Å². The zero-order valence-corrected chi connectivity index (χ0v) is 35.5. The highest BCUT2D eigenvalue weighted by molar-refractivity contribution is 5.97. The van der Waals surface area contributed by atoms with E-state index in [1.54, 1.807) is 18.2 Å². The Morgan fingerprint density at radius 1 is 0.567 bits per heavy atom. The monoisotopic (exact) mass is 801 g/mol. The van der Waals surface area contributed by atoms with E-state index in [4.69, 9.17) is 21.4 Å². The fourth-order valence-corrected chi connectivity index (χ4v) is 7.49.